The summed E-state index contributed by atoms with van der Waals surface area (Å²) in [5.74, 6) is -0.389. The van der Waals surface area contributed by atoms with E-state index in [0.717, 1.165) is 24.2 Å². The molecule has 2 aliphatic rings. The van der Waals surface area contributed by atoms with Gasteiger partial charge in [0.2, 0.25) is 0 Å². The number of rotatable bonds is 2. The second-order valence-electron chi connectivity index (χ2n) is 5.93. The topological polar surface area (TPSA) is 82.3 Å². The van der Waals surface area contributed by atoms with Crippen LogP contribution in [0.25, 0.3) is 0 Å². The Morgan fingerprint density at radius 3 is 2.83 bits per heavy atom. The van der Waals surface area contributed by atoms with Crippen molar-refractivity contribution in [2.24, 2.45) is 0 Å². The molecule has 0 saturated heterocycles. The Morgan fingerprint density at radius 1 is 1.42 bits per heavy atom. The van der Waals surface area contributed by atoms with Gasteiger partial charge in [0.1, 0.15) is 0 Å². The number of hydrogen-bond acceptors (Lipinski definition) is 5. The van der Waals surface area contributed by atoms with E-state index in [2.05, 4.69) is 11.4 Å². The van der Waals surface area contributed by atoms with E-state index in [4.69, 9.17) is 16.3 Å². The maximum absolute atomic E-state index is 12.5. The van der Waals surface area contributed by atoms with Gasteiger partial charge in [-0.15, -0.1) is 0 Å². The van der Waals surface area contributed by atoms with Crippen molar-refractivity contribution in [3.05, 3.63) is 45.3 Å². The summed E-state index contributed by atoms with van der Waals surface area (Å²) >= 11 is 6.11. The lowest BCUT2D eigenvalue weighted by Crippen LogP contribution is -2.31. The van der Waals surface area contributed by atoms with Crippen LogP contribution in [0.15, 0.2) is 34.7 Å². The Labute approximate surface area is 145 Å². The molecule has 0 fully saturated rings. The predicted molar refractivity (Wildman–Crippen MR) is 89.7 cm³/mol. The number of benzene rings is 1. The van der Waals surface area contributed by atoms with Crippen molar-refractivity contribution in [1.29, 1.82) is 5.26 Å². The zero-order chi connectivity index (χ0) is 17.4. The van der Waals surface area contributed by atoms with Crippen LogP contribution in [-0.4, -0.2) is 18.0 Å². The lowest BCUT2D eigenvalue weighted by molar-refractivity contribution is -0.116. The van der Waals surface area contributed by atoms with Crippen LogP contribution in [-0.2, 0) is 4.79 Å². The minimum atomic E-state index is -0.494. The molecule has 1 aromatic carbocycles. The molecule has 124 valence electrons. The van der Waals surface area contributed by atoms with Crippen molar-refractivity contribution in [1.82, 2.24) is 5.32 Å². The molecule has 5 nitrogen and oxygen atoms in total. The third kappa shape index (κ3) is 2.53. The smallest absolute Gasteiger partial charge is 0.176 e. The first-order valence-electron chi connectivity index (χ1n) is 7.68. The summed E-state index contributed by atoms with van der Waals surface area (Å²) < 4.78 is 5.17. The van der Waals surface area contributed by atoms with Gasteiger partial charge in [-0.05, 0) is 37.5 Å². The molecule has 1 heterocycles. The molecule has 2 N–H and O–H groups in total. The number of allylic oxidation sites excluding steroid dienone is 4. The van der Waals surface area contributed by atoms with Crippen molar-refractivity contribution < 1.29 is 14.6 Å². The third-order valence-corrected chi connectivity index (χ3v) is 4.79. The summed E-state index contributed by atoms with van der Waals surface area (Å²) in [6.45, 7) is 1.83. The molecule has 0 bridgehead atoms. The second kappa shape index (κ2) is 6.21. The first-order valence-corrected chi connectivity index (χ1v) is 8.06. The molecule has 0 spiro atoms. The molecule has 1 aliphatic carbocycles. The van der Waals surface area contributed by atoms with Gasteiger partial charge < -0.3 is 15.2 Å². The Morgan fingerprint density at radius 2 is 2.17 bits per heavy atom. The van der Waals surface area contributed by atoms with Gasteiger partial charge in [-0.25, -0.2) is 0 Å². The molecular formula is C18H17ClN2O3. The second-order valence-corrected chi connectivity index (χ2v) is 6.34. The summed E-state index contributed by atoms with van der Waals surface area (Å²) in [6, 6.07) is 5.43. The van der Waals surface area contributed by atoms with E-state index in [-0.39, 0.29) is 22.3 Å². The molecule has 1 aromatic rings. The number of halogens is 1. The van der Waals surface area contributed by atoms with E-state index < -0.39 is 5.92 Å². The number of methoxy groups -OCH3 is 1. The lowest BCUT2D eigenvalue weighted by Gasteiger charge is -2.33. The number of nitriles is 1. The fourth-order valence-electron chi connectivity index (χ4n) is 3.38. The number of nitrogens with one attached hydrogen (secondary N) is 1. The average Bonchev–Trinajstić information content (AvgIpc) is 2.56. The summed E-state index contributed by atoms with van der Waals surface area (Å²) in [5.41, 5.74) is 3.37. The molecule has 0 radical (unpaired) electrons. The molecule has 24 heavy (non-hydrogen) atoms. The van der Waals surface area contributed by atoms with Gasteiger partial charge in [0.15, 0.2) is 17.3 Å². The van der Waals surface area contributed by atoms with Gasteiger partial charge in [-0.1, -0.05) is 11.6 Å². The van der Waals surface area contributed by atoms with Crippen LogP contribution in [0.3, 0.4) is 0 Å². The van der Waals surface area contributed by atoms with Crippen LogP contribution in [0.4, 0.5) is 0 Å². The number of carbonyl (C=O) groups is 1. The Kier molecular flexibility index (Phi) is 4.25. The summed E-state index contributed by atoms with van der Waals surface area (Å²) in [4.78, 5) is 12.5. The maximum atomic E-state index is 12.5. The van der Waals surface area contributed by atoms with Crippen LogP contribution >= 0.6 is 11.6 Å². The van der Waals surface area contributed by atoms with Crippen molar-refractivity contribution in [3.63, 3.8) is 0 Å². The van der Waals surface area contributed by atoms with Crippen molar-refractivity contribution in [2.45, 2.75) is 32.1 Å². The number of phenols is 1. The van der Waals surface area contributed by atoms with Gasteiger partial charge in [0.05, 0.1) is 29.7 Å². The number of hydrogen-bond donors (Lipinski definition) is 2. The van der Waals surface area contributed by atoms with Crippen LogP contribution in [0.5, 0.6) is 11.5 Å². The fraction of sp³-hybridized carbons (Fsp3) is 0.333. The highest BCUT2D eigenvalue weighted by atomic mass is 35.5. The number of nitrogens with zero attached hydrogens (tertiary/aromatic N) is 1. The molecular weight excluding hydrogens is 328 g/mol. The lowest BCUT2D eigenvalue weighted by atomic mass is 9.75. The number of Topliss-reactive ketones (excluding diaryl/α,β-unsaturated/α-hetero) is 1. The standard InChI is InChI=1S/C18H17ClN2O3/c1-9-11(8-20)16(17-13(21-9)4-3-5-14(17)22)10-6-12(19)18(23)15(7-10)24-2/h6-7,16,21,23H,3-5H2,1-2H3/t16-/m0/s1. The number of phenolic OH excluding ortho intramolecular Hbond substituents is 1. The Bertz CT molecular complexity index is 833. The maximum Gasteiger partial charge on any atom is 0.176 e. The number of ketones is 1. The van der Waals surface area contributed by atoms with E-state index in [9.17, 15) is 15.2 Å². The molecule has 3 rings (SSSR count). The number of aromatic hydroxyl groups is 1. The van der Waals surface area contributed by atoms with Gasteiger partial charge in [0.25, 0.3) is 0 Å². The van der Waals surface area contributed by atoms with Crippen molar-refractivity contribution in [2.75, 3.05) is 7.11 Å². The van der Waals surface area contributed by atoms with Crippen molar-refractivity contribution in [3.8, 4) is 17.6 Å². The normalized spacial score (nSPS) is 20.4. The van der Waals surface area contributed by atoms with E-state index in [1.54, 1.807) is 12.1 Å². The molecule has 0 aromatic heterocycles. The molecule has 0 saturated carbocycles. The van der Waals surface area contributed by atoms with Gasteiger partial charge >= 0.3 is 0 Å². The number of dihydropyridines is 1. The molecule has 6 heteroatoms. The fourth-order valence-corrected chi connectivity index (χ4v) is 3.60. The number of ether oxygens (including phenoxy) is 1. The quantitative estimate of drug-likeness (QED) is 0.857. The monoisotopic (exact) mass is 344 g/mol. The van der Waals surface area contributed by atoms with E-state index in [1.807, 2.05) is 6.92 Å². The molecule has 0 amide bonds. The molecule has 1 aliphatic heterocycles. The SMILES string of the molecule is COc1cc([C@H]2C(C#N)=C(C)NC3=C2C(=O)CCC3)cc(Cl)c1O. The molecule has 0 unspecified atom stereocenters. The van der Waals surface area contributed by atoms with E-state index in [1.165, 1.54) is 7.11 Å². The van der Waals surface area contributed by atoms with Gasteiger partial charge in [-0.3, -0.25) is 4.79 Å². The highest BCUT2D eigenvalue weighted by molar-refractivity contribution is 6.32. The number of carbonyl (C=O) groups excluding carboxylic acids is 1. The Balaban J connectivity index is 2.23. The third-order valence-electron chi connectivity index (χ3n) is 4.50. The average molecular weight is 345 g/mol. The Hall–Kier alpha value is -2.45. The summed E-state index contributed by atoms with van der Waals surface area (Å²) in [7, 11) is 1.43. The van der Waals surface area contributed by atoms with Crippen LogP contribution < -0.4 is 10.1 Å². The first-order chi connectivity index (χ1) is 11.5. The minimum Gasteiger partial charge on any atom is -0.503 e. The highest BCUT2D eigenvalue weighted by Gasteiger charge is 2.36. The van der Waals surface area contributed by atoms with E-state index >= 15 is 0 Å². The minimum absolute atomic E-state index is 0.0390. The highest BCUT2D eigenvalue weighted by Crippen LogP contribution is 2.45. The van der Waals surface area contributed by atoms with Crippen LogP contribution in [0.2, 0.25) is 5.02 Å². The largest absolute Gasteiger partial charge is 0.503 e. The van der Waals surface area contributed by atoms with E-state index in [0.29, 0.717) is 23.1 Å². The predicted octanol–water partition coefficient (Wildman–Crippen LogP) is 3.55. The molecule has 1 atom stereocenters. The van der Waals surface area contributed by atoms with Gasteiger partial charge in [0, 0.05) is 23.4 Å². The van der Waals surface area contributed by atoms with Gasteiger partial charge in [-0.2, -0.15) is 5.26 Å². The summed E-state index contributed by atoms with van der Waals surface area (Å²) in [6.07, 6.45) is 2.04. The zero-order valence-corrected chi connectivity index (χ0v) is 14.2. The van der Waals surface area contributed by atoms with Crippen LogP contribution in [0.1, 0.15) is 37.7 Å². The summed E-state index contributed by atoms with van der Waals surface area (Å²) in [5, 5.41) is 22.9. The first kappa shape index (κ1) is 16.4. The van der Waals surface area contributed by atoms with Crippen LogP contribution in [0, 0.1) is 11.3 Å². The zero-order valence-electron chi connectivity index (χ0n) is 13.4. The van der Waals surface area contributed by atoms with Crippen molar-refractivity contribution >= 4 is 17.4 Å².